The van der Waals surface area contributed by atoms with Gasteiger partial charge < -0.3 is 5.73 Å². The minimum atomic E-state index is -0.226. The van der Waals surface area contributed by atoms with Crippen LogP contribution in [0.25, 0.3) is 0 Å². The zero-order valence-electron chi connectivity index (χ0n) is 9.70. The lowest BCUT2D eigenvalue weighted by molar-refractivity contribution is 0.626. The van der Waals surface area contributed by atoms with Gasteiger partial charge in [-0.3, -0.25) is 0 Å². The first kappa shape index (κ1) is 13.4. The molecule has 0 amide bonds. The van der Waals surface area contributed by atoms with Gasteiger partial charge in [-0.2, -0.15) is 0 Å². The monoisotopic (exact) mass is 281 g/mol. The quantitative estimate of drug-likeness (QED) is 0.912. The average molecular weight is 282 g/mol. The zero-order chi connectivity index (χ0) is 13.0. The van der Waals surface area contributed by atoms with Crippen molar-refractivity contribution in [3.05, 3.63) is 58.9 Å². The van der Waals surface area contributed by atoms with E-state index < -0.39 is 0 Å². The van der Waals surface area contributed by atoms with E-state index in [9.17, 15) is 4.39 Å². The van der Waals surface area contributed by atoms with Gasteiger partial charge in [-0.05, 0) is 54.9 Å². The molecule has 0 aliphatic carbocycles. The van der Waals surface area contributed by atoms with Gasteiger partial charge in [0.15, 0.2) is 0 Å². The van der Waals surface area contributed by atoms with Crippen LogP contribution in [0.15, 0.2) is 52.3 Å². The Balaban J connectivity index is 2.14. The van der Waals surface area contributed by atoms with Crippen LogP contribution < -0.4 is 5.73 Å². The first-order valence-electron chi connectivity index (χ1n) is 5.61. The smallest absolute Gasteiger partial charge is 0.123 e. The van der Waals surface area contributed by atoms with Crippen molar-refractivity contribution in [1.82, 2.24) is 0 Å². The van der Waals surface area contributed by atoms with Gasteiger partial charge in [0.25, 0.3) is 0 Å². The predicted molar refractivity (Wildman–Crippen MR) is 74.7 cm³/mol. The summed E-state index contributed by atoms with van der Waals surface area (Å²) < 4.78 is 12.8. The summed E-state index contributed by atoms with van der Waals surface area (Å²) >= 11 is 7.73. The van der Waals surface area contributed by atoms with E-state index >= 15 is 0 Å². The molecule has 0 bridgehead atoms. The van der Waals surface area contributed by atoms with Gasteiger partial charge in [0, 0.05) is 14.8 Å². The molecule has 0 atom stereocenters. The van der Waals surface area contributed by atoms with Crippen LogP contribution in [0.5, 0.6) is 0 Å². The molecule has 2 rings (SSSR count). The van der Waals surface area contributed by atoms with Gasteiger partial charge in [-0.25, -0.2) is 4.39 Å². The molecule has 1 nitrogen and oxygen atoms in total. The second-order valence-corrected chi connectivity index (χ2v) is 5.40. The van der Waals surface area contributed by atoms with Crippen molar-refractivity contribution in [2.75, 3.05) is 6.54 Å². The predicted octanol–water partition coefficient (Wildman–Crippen LogP) is 4.13. The zero-order valence-corrected chi connectivity index (χ0v) is 11.3. The molecule has 0 fully saturated rings. The van der Waals surface area contributed by atoms with Crippen molar-refractivity contribution in [2.45, 2.75) is 16.2 Å². The molecule has 2 N–H and O–H groups in total. The summed E-state index contributed by atoms with van der Waals surface area (Å²) in [5.41, 5.74) is 6.56. The largest absolute Gasteiger partial charge is 0.330 e. The van der Waals surface area contributed by atoms with Crippen LogP contribution in [0.4, 0.5) is 4.39 Å². The van der Waals surface area contributed by atoms with Crippen molar-refractivity contribution in [3.63, 3.8) is 0 Å². The highest BCUT2D eigenvalue weighted by Crippen LogP contribution is 2.31. The second-order valence-electron chi connectivity index (χ2n) is 3.85. The topological polar surface area (TPSA) is 26.0 Å². The van der Waals surface area contributed by atoms with Gasteiger partial charge >= 0.3 is 0 Å². The van der Waals surface area contributed by atoms with Crippen LogP contribution in [-0.4, -0.2) is 6.54 Å². The fraction of sp³-hybridized carbons (Fsp3) is 0.143. The second kappa shape index (κ2) is 6.23. The summed E-state index contributed by atoms with van der Waals surface area (Å²) in [6.07, 6.45) is 0.778. The third-order valence-electron chi connectivity index (χ3n) is 2.49. The van der Waals surface area contributed by atoms with E-state index in [1.807, 2.05) is 18.2 Å². The van der Waals surface area contributed by atoms with Crippen molar-refractivity contribution in [2.24, 2.45) is 5.73 Å². The SMILES string of the molecule is NCCc1ccc(Sc2ccc(F)cc2)cc1Cl. The molecular formula is C14H13ClFNS. The highest BCUT2D eigenvalue weighted by Gasteiger charge is 2.03. The van der Waals surface area contributed by atoms with Gasteiger partial charge in [-0.1, -0.05) is 29.4 Å². The number of nitrogens with two attached hydrogens (primary N) is 1. The Labute approximate surface area is 115 Å². The lowest BCUT2D eigenvalue weighted by Crippen LogP contribution is -2.02. The Kier molecular flexibility index (Phi) is 4.64. The summed E-state index contributed by atoms with van der Waals surface area (Å²) in [5, 5.41) is 0.729. The first-order valence-corrected chi connectivity index (χ1v) is 6.80. The minimum absolute atomic E-state index is 0.226. The number of halogens is 2. The van der Waals surface area contributed by atoms with Crippen LogP contribution in [0.3, 0.4) is 0 Å². The Morgan fingerprint density at radius 1 is 1.06 bits per heavy atom. The fourth-order valence-corrected chi connectivity index (χ4v) is 2.79. The van der Waals surface area contributed by atoms with Crippen LogP contribution >= 0.6 is 23.4 Å². The minimum Gasteiger partial charge on any atom is -0.330 e. The highest BCUT2D eigenvalue weighted by molar-refractivity contribution is 7.99. The van der Waals surface area contributed by atoms with Gasteiger partial charge in [-0.15, -0.1) is 0 Å². The van der Waals surface area contributed by atoms with E-state index in [-0.39, 0.29) is 5.82 Å². The molecule has 0 aliphatic heterocycles. The third-order valence-corrected chi connectivity index (χ3v) is 3.84. The van der Waals surface area contributed by atoms with Crippen LogP contribution in [-0.2, 0) is 6.42 Å². The van der Waals surface area contributed by atoms with Gasteiger partial charge in [0.2, 0.25) is 0 Å². The lowest BCUT2D eigenvalue weighted by Gasteiger charge is -2.06. The van der Waals surface area contributed by atoms with Crippen LogP contribution in [0.2, 0.25) is 5.02 Å². The third kappa shape index (κ3) is 3.48. The molecule has 94 valence electrons. The number of hydrogen-bond acceptors (Lipinski definition) is 2. The number of hydrogen-bond donors (Lipinski definition) is 1. The van der Waals surface area contributed by atoms with E-state index in [4.69, 9.17) is 17.3 Å². The van der Waals surface area contributed by atoms with Crippen molar-refractivity contribution in [1.29, 1.82) is 0 Å². The summed E-state index contributed by atoms with van der Waals surface area (Å²) in [6, 6.07) is 12.3. The molecule has 0 saturated heterocycles. The molecule has 0 aromatic heterocycles. The number of benzene rings is 2. The van der Waals surface area contributed by atoms with E-state index in [2.05, 4.69) is 0 Å². The van der Waals surface area contributed by atoms with Crippen molar-refractivity contribution in [3.8, 4) is 0 Å². The maximum absolute atomic E-state index is 12.8. The molecular weight excluding hydrogens is 269 g/mol. The molecule has 0 saturated carbocycles. The fourth-order valence-electron chi connectivity index (χ4n) is 1.59. The molecule has 18 heavy (non-hydrogen) atoms. The summed E-state index contributed by atoms with van der Waals surface area (Å²) in [6.45, 7) is 0.587. The Hall–Kier alpha value is -1.03. The maximum Gasteiger partial charge on any atom is 0.123 e. The average Bonchev–Trinajstić information content (AvgIpc) is 2.36. The summed E-state index contributed by atoms with van der Waals surface area (Å²) in [5.74, 6) is -0.226. The molecule has 0 heterocycles. The molecule has 0 unspecified atom stereocenters. The van der Waals surface area contributed by atoms with E-state index in [0.717, 1.165) is 26.8 Å². The Morgan fingerprint density at radius 2 is 1.72 bits per heavy atom. The lowest BCUT2D eigenvalue weighted by atomic mass is 10.1. The van der Waals surface area contributed by atoms with E-state index in [1.165, 1.54) is 12.1 Å². The summed E-state index contributed by atoms with van der Waals surface area (Å²) in [7, 11) is 0. The molecule has 0 spiro atoms. The Bertz CT molecular complexity index is 528. The van der Waals surface area contributed by atoms with E-state index in [0.29, 0.717) is 6.54 Å². The highest BCUT2D eigenvalue weighted by atomic mass is 35.5. The maximum atomic E-state index is 12.8. The van der Waals surface area contributed by atoms with Gasteiger partial charge in [0.1, 0.15) is 5.82 Å². The number of rotatable bonds is 4. The van der Waals surface area contributed by atoms with Crippen LogP contribution in [0.1, 0.15) is 5.56 Å². The summed E-state index contributed by atoms with van der Waals surface area (Å²) in [4.78, 5) is 2.02. The molecule has 0 radical (unpaired) electrons. The molecule has 4 heteroatoms. The van der Waals surface area contributed by atoms with Crippen molar-refractivity contribution >= 4 is 23.4 Å². The van der Waals surface area contributed by atoms with Crippen LogP contribution in [0, 0.1) is 5.82 Å². The Morgan fingerprint density at radius 3 is 2.33 bits per heavy atom. The van der Waals surface area contributed by atoms with Gasteiger partial charge in [0.05, 0.1) is 0 Å². The molecule has 2 aromatic carbocycles. The molecule has 0 aliphatic rings. The van der Waals surface area contributed by atoms with E-state index in [1.54, 1.807) is 23.9 Å². The standard InChI is InChI=1S/C14H13ClFNS/c15-14-9-13(4-1-10(14)7-8-17)18-12-5-2-11(16)3-6-12/h1-6,9H,7-8,17H2. The normalized spacial score (nSPS) is 10.6. The van der Waals surface area contributed by atoms with Crippen molar-refractivity contribution < 1.29 is 4.39 Å². The first-order chi connectivity index (χ1) is 8.69. The molecule has 2 aromatic rings.